The highest BCUT2D eigenvalue weighted by molar-refractivity contribution is 7.99. The summed E-state index contributed by atoms with van der Waals surface area (Å²) in [6.07, 6.45) is 3.99. The number of rotatable bonds is 4. The number of thioether (sulfide) groups is 1. The van der Waals surface area contributed by atoms with E-state index in [-0.39, 0.29) is 0 Å². The normalized spacial score (nSPS) is 27.3. The monoisotopic (exact) mass is 173 g/mol. The SMILES string of the molecule is CCCC(C)NC1CCSC1. The van der Waals surface area contributed by atoms with Gasteiger partial charge in [-0.2, -0.15) is 11.8 Å². The predicted molar refractivity (Wildman–Crippen MR) is 53.2 cm³/mol. The van der Waals surface area contributed by atoms with E-state index in [0.29, 0.717) is 0 Å². The van der Waals surface area contributed by atoms with Crippen molar-refractivity contribution in [3.63, 3.8) is 0 Å². The molecule has 0 bridgehead atoms. The van der Waals surface area contributed by atoms with Crippen LogP contribution in [-0.2, 0) is 0 Å². The average Bonchev–Trinajstić information content (AvgIpc) is 2.40. The van der Waals surface area contributed by atoms with Crippen LogP contribution in [0.3, 0.4) is 0 Å². The Morgan fingerprint density at radius 1 is 1.64 bits per heavy atom. The van der Waals surface area contributed by atoms with Gasteiger partial charge in [0.25, 0.3) is 0 Å². The van der Waals surface area contributed by atoms with Gasteiger partial charge in [-0.25, -0.2) is 0 Å². The van der Waals surface area contributed by atoms with Gasteiger partial charge in [-0.15, -0.1) is 0 Å². The van der Waals surface area contributed by atoms with Crippen molar-refractivity contribution in [2.45, 2.75) is 45.2 Å². The fourth-order valence-corrected chi connectivity index (χ4v) is 2.75. The molecule has 1 nitrogen and oxygen atoms in total. The predicted octanol–water partition coefficient (Wildman–Crippen LogP) is 2.27. The van der Waals surface area contributed by atoms with Crippen LogP contribution in [0.1, 0.15) is 33.1 Å². The van der Waals surface area contributed by atoms with Gasteiger partial charge in [-0.3, -0.25) is 0 Å². The zero-order valence-electron chi connectivity index (χ0n) is 7.60. The maximum Gasteiger partial charge on any atom is 0.0168 e. The lowest BCUT2D eigenvalue weighted by Crippen LogP contribution is -2.36. The minimum atomic E-state index is 0.726. The second-order valence-electron chi connectivity index (χ2n) is 3.42. The minimum Gasteiger partial charge on any atom is -0.311 e. The Bertz CT molecular complexity index is 99.7. The van der Waals surface area contributed by atoms with Crippen molar-refractivity contribution in [1.82, 2.24) is 5.32 Å². The lowest BCUT2D eigenvalue weighted by atomic mass is 10.1. The molecular weight excluding hydrogens is 154 g/mol. The topological polar surface area (TPSA) is 12.0 Å². The smallest absolute Gasteiger partial charge is 0.0168 e. The summed E-state index contributed by atoms with van der Waals surface area (Å²) in [5.41, 5.74) is 0. The Hall–Kier alpha value is 0.310. The van der Waals surface area contributed by atoms with E-state index >= 15 is 0 Å². The van der Waals surface area contributed by atoms with Gasteiger partial charge < -0.3 is 5.32 Å². The molecule has 1 saturated heterocycles. The van der Waals surface area contributed by atoms with Gasteiger partial charge in [0, 0.05) is 17.8 Å². The van der Waals surface area contributed by atoms with Crippen LogP contribution < -0.4 is 5.32 Å². The fourth-order valence-electron chi connectivity index (χ4n) is 1.58. The van der Waals surface area contributed by atoms with Gasteiger partial charge >= 0.3 is 0 Å². The summed E-state index contributed by atoms with van der Waals surface area (Å²) < 4.78 is 0. The van der Waals surface area contributed by atoms with Gasteiger partial charge in [0.1, 0.15) is 0 Å². The number of nitrogens with one attached hydrogen (secondary N) is 1. The summed E-state index contributed by atoms with van der Waals surface area (Å²) in [6.45, 7) is 4.55. The first-order valence-corrected chi connectivity index (χ1v) is 5.82. The Balaban J connectivity index is 2.08. The van der Waals surface area contributed by atoms with E-state index in [4.69, 9.17) is 0 Å². The van der Waals surface area contributed by atoms with Crippen molar-refractivity contribution in [3.05, 3.63) is 0 Å². The fraction of sp³-hybridized carbons (Fsp3) is 1.00. The molecule has 1 heterocycles. The molecule has 0 saturated carbocycles. The van der Waals surface area contributed by atoms with Crippen LogP contribution in [0.5, 0.6) is 0 Å². The Kier molecular flexibility index (Phi) is 4.31. The molecule has 0 radical (unpaired) electrons. The van der Waals surface area contributed by atoms with Gasteiger partial charge in [-0.05, 0) is 25.5 Å². The molecule has 0 aliphatic carbocycles. The third-order valence-electron chi connectivity index (χ3n) is 2.17. The van der Waals surface area contributed by atoms with Gasteiger partial charge in [-0.1, -0.05) is 13.3 Å². The number of hydrogen-bond acceptors (Lipinski definition) is 2. The molecule has 2 atom stereocenters. The van der Waals surface area contributed by atoms with E-state index in [2.05, 4.69) is 30.9 Å². The molecule has 2 unspecified atom stereocenters. The van der Waals surface area contributed by atoms with E-state index in [1.54, 1.807) is 0 Å². The van der Waals surface area contributed by atoms with E-state index in [1.165, 1.54) is 30.8 Å². The Labute approximate surface area is 74.3 Å². The molecule has 0 aromatic carbocycles. The van der Waals surface area contributed by atoms with Crippen molar-refractivity contribution in [2.75, 3.05) is 11.5 Å². The lowest BCUT2D eigenvalue weighted by Gasteiger charge is -2.17. The molecule has 66 valence electrons. The van der Waals surface area contributed by atoms with Gasteiger partial charge in [0.15, 0.2) is 0 Å². The summed E-state index contributed by atoms with van der Waals surface area (Å²) >= 11 is 2.08. The quantitative estimate of drug-likeness (QED) is 0.700. The molecule has 0 spiro atoms. The first kappa shape index (κ1) is 9.40. The lowest BCUT2D eigenvalue weighted by molar-refractivity contribution is 0.448. The maximum atomic E-state index is 3.66. The largest absolute Gasteiger partial charge is 0.311 e. The molecule has 1 rings (SSSR count). The molecule has 1 N–H and O–H groups in total. The highest BCUT2D eigenvalue weighted by Gasteiger charge is 2.16. The van der Waals surface area contributed by atoms with E-state index < -0.39 is 0 Å². The zero-order valence-corrected chi connectivity index (χ0v) is 8.41. The molecule has 1 fully saturated rings. The standard InChI is InChI=1S/C9H19NS/c1-3-4-8(2)10-9-5-6-11-7-9/h8-10H,3-7H2,1-2H3. The van der Waals surface area contributed by atoms with Crippen molar-refractivity contribution < 1.29 is 0 Å². The van der Waals surface area contributed by atoms with Crippen LogP contribution >= 0.6 is 11.8 Å². The van der Waals surface area contributed by atoms with E-state index in [1.807, 2.05) is 0 Å². The van der Waals surface area contributed by atoms with Crippen molar-refractivity contribution in [1.29, 1.82) is 0 Å². The maximum absolute atomic E-state index is 3.66. The third-order valence-corrected chi connectivity index (χ3v) is 3.33. The highest BCUT2D eigenvalue weighted by Crippen LogP contribution is 2.17. The molecule has 0 amide bonds. The third kappa shape index (κ3) is 3.48. The molecule has 11 heavy (non-hydrogen) atoms. The zero-order chi connectivity index (χ0) is 8.10. The van der Waals surface area contributed by atoms with Crippen LogP contribution in [0.15, 0.2) is 0 Å². The first-order chi connectivity index (χ1) is 5.33. The first-order valence-electron chi connectivity index (χ1n) is 4.66. The van der Waals surface area contributed by atoms with Crippen LogP contribution in [0, 0.1) is 0 Å². The molecule has 1 aliphatic rings. The Morgan fingerprint density at radius 2 is 2.45 bits per heavy atom. The minimum absolute atomic E-state index is 0.726. The van der Waals surface area contributed by atoms with Crippen molar-refractivity contribution >= 4 is 11.8 Å². The van der Waals surface area contributed by atoms with Crippen molar-refractivity contribution in [2.24, 2.45) is 0 Å². The van der Waals surface area contributed by atoms with Gasteiger partial charge in [0.2, 0.25) is 0 Å². The molecule has 1 aliphatic heterocycles. The van der Waals surface area contributed by atoms with E-state index in [9.17, 15) is 0 Å². The summed E-state index contributed by atoms with van der Waals surface area (Å²) in [4.78, 5) is 0. The van der Waals surface area contributed by atoms with Crippen LogP contribution in [0.25, 0.3) is 0 Å². The van der Waals surface area contributed by atoms with E-state index in [0.717, 1.165) is 12.1 Å². The summed E-state index contributed by atoms with van der Waals surface area (Å²) in [7, 11) is 0. The van der Waals surface area contributed by atoms with Crippen molar-refractivity contribution in [3.8, 4) is 0 Å². The molecule has 0 aromatic heterocycles. The van der Waals surface area contributed by atoms with Crippen LogP contribution in [0.2, 0.25) is 0 Å². The average molecular weight is 173 g/mol. The second-order valence-corrected chi connectivity index (χ2v) is 4.57. The Morgan fingerprint density at radius 3 is 3.00 bits per heavy atom. The molecule has 2 heteroatoms. The van der Waals surface area contributed by atoms with Crippen LogP contribution in [0.4, 0.5) is 0 Å². The summed E-state index contributed by atoms with van der Waals surface area (Å²) in [5, 5.41) is 3.66. The highest BCUT2D eigenvalue weighted by atomic mass is 32.2. The summed E-state index contributed by atoms with van der Waals surface area (Å²) in [5.74, 6) is 2.69. The molecule has 0 aromatic rings. The van der Waals surface area contributed by atoms with Gasteiger partial charge in [0.05, 0.1) is 0 Å². The number of hydrogen-bond donors (Lipinski definition) is 1. The van der Waals surface area contributed by atoms with Crippen LogP contribution in [-0.4, -0.2) is 23.6 Å². The molecular formula is C9H19NS. The second kappa shape index (κ2) is 5.04. The summed E-state index contributed by atoms with van der Waals surface area (Å²) in [6, 6.07) is 1.53.